The first kappa shape index (κ1) is 16.7. The summed E-state index contributed by atoms with van der Waals surface area (Å²) in [5.41, 5.74) is 0.0261. The van der Waals surface area contributed by atoms with Gasteiger partial charge in [-0.25, -0.2) is 4.39 Å². The van der Waals surface area contributed by atoms with Crippen molar-refractivity contribution in [2.45, 2.75) is 31.8 Å². The second-order valence-corrected chi connectivity index (χ2v) is 5.81. The van der Waals surface area contributed by atoms with Gasteiger partial charge in [0.05, 0.1) is 16.8 Å². The van der Waals surface area contributed by atoms with Gasteiger partial charge in [-0.15, -0.1) is 0 Å². The lowest BCUT2D eigenvalue weighted by Gasteiger charge is -2.17. The van der Waals surface area contributed by atoms with Crippen LogP contribution in [0.15, 0.2) is 18.2 Å². The Labute approximate surface area is 132 Å². The van der Waals surface area contributed by atoms with E-state index in [2.05, 4.69) is 10.6 Å². The molecule has 0 spiro atoms. The molecule has 22 heavy (non-hydrogen) atoms. The Balaban J connectivity index is 1.84. The van der Waals surface area contributed by atoms with Gasteiger partial charge in [-0.05, 0) is 37.0 Å². The van der Waals surface area contributed by atoms with Crippen LogP contribution >= 0.6 is 11.6 Å². The Morgan fingerprint density at radius 1 is 1.32 bits per heavy atom. The summed E-state index contributed by atoms with van der Waals surface area (Å²) >= 11 is 5.81. The van der Waals surface area contributed by atoms with Crippen molar-refractivity contribution in [2.24, 2.45) is 5.92 Å². The number of hydrogen-bond donors (Lipinski definition) is 3. The summed E-state index contributed by atoms with van der Waals surface area (Å²) in [4.78, 5) is 23.4. The standard InChI is InChI=1S/C15H18ClFN2O3/c16-11-6-5-10(17)7-12(11)19-15(22)14(21)18-8-13(20)9-3-1-2-4-9/h5-7,9,13,20H,1-4,8H2,(H,18,21)(H,19,22)/t13-/m0/s1. The molecule has 1 fully saturated rings. The normalized spacial score (nSPS) is 16.3. The van der Waals surface area contributed by atoms with Crippen LogP contribution in [0.25, 0.3) is 0 Å². The Hall–Kier alpha value is -1.66. The van der Waals surface area contributed by atoms with Crippen LogP contribution in [-0.4, -0.2) is 29.6 Å². The monoisotopic (exact) mass is 328 g/mol. The average molecular weight is 329 g/mol. The molecule has 1 aliphatic rings. The summed E-state index contributed by atoms with van der Waals surface area (Å²) in [6.45, 7) is 0.0216. The lowest BCUT2D eigenvalue weighted by molar-refractivity contribution is -0.136. The predicted octanol–water partition coefficient (Wildman–Crippen LogP) is 2.08. The fraction of sp³-hybridized carbons (Fsp3) is 0.467. The Morgan fingerprint density at radius 2 is 2.00 bits per heavy atom. The number of benzene rings is 1. The van der Waals surface area contributed by atoms with E-state index in [1.807, 2.05) is 0 Å². The zero-order valence-electron chi connectivity index (χ0n) is 11.9. The molecule has 0 aliphatic heterocycles. The summed E-state index contributed by atoms with van der Waals surface area (Å²) in [6, 6.07) is 3.46. The van der Waals surface area contributed by atoms with Gasteiger partial charge in [0.1, 0.15) is 5.82 Å². The van der Waals surface area contributed by atoms with Gasteiger partial charge in [0.15, 0.2) is 0 Å². The molecule has 1 aliphatic carbocycles. The van der Waals surface area contributed by atoms with Crippen LogP contribution in [0.3, 0.4) is 0 Å². The van der Waals surface area contributed by atoms with Crippen LogP contribution in [0, 0.1) is 11.7 Å². The van der Waals surface area contributed by atoms with E-state index in [4.69, 9.17) is 11.6 Å². The highest BCUT2D eigenvalue weighted by Gasteiger charge is 2.24. The van der Waals surface area contributed by atoms with Crippen molar-refractivity contribution >= 4 is 29.1 Å². The summed E-state index contributed by atoms with van der Waals surface area (Å²) in [7, 11) is 0. The molecule has 1 atom stereocenters. The van der Waals surface area contributed by atoms with Crippen LogP contribution in [0.1, 0.15) is 25.7 Å². The molecular formula is C15H18ClFN2O3. The maximum absolute atomic E-state index is 13.1. The number of carbonyl (C=O) groups excluding carboxylic acids is 2. The quantitative estimate of drug-likeness (QED) is 0.740. The van der Waals surface area contributed by atoms with Crippen LogP contribution in [0.2, 0.25) is 5.02 Å². The number of aliphatic hydroxyl groups excluding tert-OH is 1. The van der Waals surface area contributed by atoms with Gasteiger partial charge >= 0.3 is 11.8 Å². The number of carbonyl (C=O) groups is 2. The van der Waals surface area contributed by atoms with E-state index in [1.165, 1.54) is 6.07 Å². The summed E-state index contributed by atoms with van der Waals surface area (Å²) in [5, 5.41) is 14.7. The highest BCUT2D eigenvalue weighted by molar-refractivity contribution is 6.41. The topological polar surface area (TPSA) is 78.4 Å². The minimum Gasteiger partial charge on any atom is -0.391 e. The molecule has 2 amide bonds. The van der Waals surface area contributed by atoms with Gasteiger partial charge in [0.25, 0.3) is 0 Å². The molecule has 0 radical (unpaired) electrons. The minimum absolute atomic E-state index is 0.0216. The molecule has 7 heteroatoms. The smallest absolute Gasteiger partial charge is 0.313 e. The third kappa shape index (κ3) is 4.42. The largest absolute Gasteiger partial charge is 0.391 e. The van der Waals surface area contributed by atoms with Crippen LogP contribution < -0.4 is 10.6 Å². The first-order valence-corrected chi connectivity index (χ1v) is 7.57. The third-order valence-corrected chi connectivity index (χ3v) is 4.13. The van der Waals surface area contributed by atoms with Gasteiger partial charge in [-0.2, -0.15) is 0 Å². The summed E-state index contributed by atoms with van der Waals surface area (Å²) in [6.07, 6.45) is 3.37. The lowest BCUT2D eigenvalue weighted by Crippen LogP contribution is -2.41. The Bertz CT molecular complexity index is 562. The number of hydrogen-bond acceptors (Lipinski definition) is 3. The number of nitrogens with one attached hydrogen (secondary N) is 2. The predicted molar refractivity (Wildman–Crippen MR) is 81.0 cm³/mol. The first-order chi connectivity index (χ1) is 10.5. The van der Waals surface area contributed by atoms with Crippen molar-refractivity contribution in [3.8, 4) is 0 Å². The van der Waals surface area contributed by atoms with Gasteiger partial charge in [-0.1, -0.05) is 24.4 Å². The fourth-order valence-electron chi connectivity index (χ4n) is 2.56. The lowest BCUT2D eigenvalue weighted by atomic mass is 10.0. The molecule has 0 heterocycles. The highest BCUT2D eigenvalue weighted by Crippen LogP contribution is 2.27. The minimum atomic E-state index is -0.953. The zero-order chi connectivity index (χ0) is 16.1. The zero-order valence-corrected chi connectivity index (χ0v) is 12.7. The molecular weight excluding hydrogens is 311 g/mol. The molecule has 120 valence electrons. The van der Waals surface area contributed by atoms with Gasteiger partial charge in [0.2, 0.25) is 0 Å². The Morgan fingerprint density at radius 3 is 2.68 bits per heavy atom. The molecule has 0 unspecified atom stereocenters. The van der Waals surface area contributed by atoms with Gasteiger partial charge in [0, 0.05) is 6.54 Å². The first-order valence-electron chi connectivity index (χ1n) is 7.19. The van der Waals surface area contributed by atoms with E-state index in [0.29, 0.717) is 0 Å². The molecule has 2 rings (SSSR count). The second-order valence-electron chi connectivity index (χ2n) is 5.40. The van der Waals surface area contributed by atoms with E-state index < -0.39 is 23.7 Å². The van der Waals surface area contributed by atoms with E-state index in [-0.39, 0.29) is 23.2 Å². The molecule has 5 nitrogen and oxygen atoms in total. The fourth-order valence-corrected chi connectivity index (χ4v) is 2.72. The molecule has 3 N–H and O–H groups in total. The number of rotatable bonds is 4. The van der Waals surface area contributed by atoms with E-state index in [1.54, 1.807) is 0 Å². The van der Waals surface area contributed by atoms with Gasteiger partial charge in [-0.3, -0.25) is 9.59 Å². The van der Waals surface area contributed by atoms with Crippen LogP contribution in [-0.2, 0) is 9.59 Å². The highest BCUT2D eigenvalue weighted by atomic mass is 35.5. The van der Waals surface area contributed by atoms with Crippen molar-refractivity contribution in [3.63, 3.8) is 0 Å². The molecule has 1 aromatic carbocycles. The van der Waals surface area contributed by atoms with Crippen molar-refractivity contribution < 1.29 is 19.1 Å². The summed E-state index contributed by atoms with van der Waals surface area (Å²) in [5.74, 6) is -2.25. The maximum Gasteiger partial charge on any atom is 0.313 e. The maximum atomic E-state index is 13.1. The average Bonchev–Trinajstić information content (AvgIpc) is 3.02. The van der Waals surface area contributed by atoms with Crippen molar-refractivity contribution in [3.05, 3.63) is 29.0 Å². The molecule has 0 bridgehead atoms. The van der Waals surface area contributed by atoms with E-state index >= 15 is 0 Å². The molecule has 0 aromatic heterocycles. The Kier molecular flexibility index (Phi) is 5.74. The van der Waals surface area contributed by atoms with Gasteiger partial charge < -0.3 is 15.7 Å². The summed E-state index contributed by atoms with van der Waals surface area (Å²) < 4.78 is 13.1. The SMILES string of the molecule is O=C(NC[C@H](O)C1CCCC1)C(=O)Nc1cc(F)ccc1Cl. The van der Waals surface area contributed by atoms with Crippen molar-refractivity contribution in [2.75, 3.05) is 11.9 Å². The van der Waals surface area contributed by atoms with Crippen molar-refractivity contribution in [1.82, 2.24) is 5.32 Å². The van der Waals surface area contributed by atoms with Crippen LogP contribution in [0.5, 0.6) is 0 Å². The molecule has 0 saturated heterocycles. The van der Waals surface area contributed by atoms with Crippen molar-refractivity contribution in [1.29, 1.82) is 0 Å². The van der Waals surface area contributed by atoms with E-state index in [0.717, 1.165) is 37.8 Å². The number of anilines is 1. The third-order valence-electron chi connectivity index (χ3n) is 3.80. The number of aliphatic hydroxyl groups is 1. The number of halogens is 2. The van der Waals surface area contributed by atoms with Crippen LogP contribution in [0.4, 0.5) is 10.1 Å². The number of amides is 2. The van der Waals surface area contributed by atoms with E-state index in [9.17, 15) is 19.1 Å². The second kappa shape index (κ2) is 7.56. The molecule has 1 saturated carbocycles. The molecule has 1 aromatic rings.